The van der Waals surface area contributed by atoms with Crippen LogP contribution in [-0.2, 0) is 6.54 Å². The van der Waals surface area contributed by atoms with Gasteiger partial charge >= 0.3 is 0 Å². The first kappa shape index (κ1) is 16.2. The van der Waals surface area contributed by atoms with Gasteiger partial charge in [-0.15, -0.1) is 0 Å². The van der Waals surface area contributed by atoms with Crippen LogP contribution in [0.4, 0.5) is 5.82 Å². The van der Waals surface area contributed by atoms with Gasteiger partial charge in [0.2, 0.25) is 0 Å². The lowest BCUT2D eigenvalue weighted by atomic mass is 10.2. The van der Waals surface area contributed by atoms with Crippen molar-refractivity contribution in [3.63, 3.8) is 0 Å². The second-order valence-electron chi connectivity index (χ2n) is 5.37. The molecule has 0 aliphatic heterocycles. The van der Waals surface area contributed by atoms with E-state index in [-0.39, 0.29) is 5.91 Å². The monoisotopic (exact) mass is 318 g/mol. The average Bonchev–Trinajstić information content (AvgIpc) is 2.52. The van der Waals surface area contributed by atoms with Gasteiger partial charge in [-0.25, -0.2) is 9.97 Å². The van der Waals surface area contributed by atoms with Gasteiger partial charge in [0.1, 0.15) is 11.5 Å². The Bertz CT molecular complexity index is 611. The molecule has 116 valence electrons. The normalized spacial score (nSPS) is 10.5. The zero-order valence-electron chi connectivity index (χ0n) is 12.6. The van der Waals surface area contributed by atoms with E-state index in [1.807, 2.05) is 38.1 Å². The molecule has 6 heteroatoms. The minimum absolute atomic E-state index is 0.203. The Kier molecular flexibility index (Phi) is 5.72. The molecule has 2 N–H and O–H groups in total. The number of carbonyl (C=O) groups excluding carboxylic acids is 1. The fourth-order valence-electron chi connectivity index (χ4n) is 1.72. The molecular weight excluding hydrogens is 300 g/mol. The summed E-state index contributed by atoms with van der Waals surface area (Å²) >= 11 is 5.84. The number of hydrogen-bond acceptors (Lipinski definition) is 4. The first-order chi connectivity index (χ1) is 10.5. The van der Waals surface area contributed by atoms with Crippen molar-refractivity contribution in [3.8, 4) is 0 Å². The van der Waals surface area contributed by atoms with Crippen LogP contribution in [0.15, 0.2) is 36.7 Å². The summed E-state index contributed by atoms with van der Waals surface area (Å²) in [5, 5.41) is 6.66. The van der Waals surface area contributed by atoms with Crippen LogP contribution in [0.1, 0.15) is 29.9 Å². The highest BCUT2D eigenvalue weighted by Crippen LogP contribution is 2.11. The molecule has 5 nitrogen and oxygen atoms in total. The van der Waals surface area contributed by atoms with Crippen LogP contribution in [0.5, 0.6) is 0 Å². The predicted octanol–water partition coefficient (Wildman–Crippen LogP) is 3.13. The van der Waals surface area contributed by atoms with Gasteiger partial charge in [0.25, 0.3) is 5.91 Å². The van der Waals surface area contributed by atoms with Gasteiger partial charge in [-0.1, -0.05) is 37.6 Å². The first-order valence-electron chi connectivity index (χ1n) is 7.13. The molecule has 0 spiro atoms. The number of nitrogens with one attached hydrogen (secondary N) is 2. The number of rotatable bonds is 6. The maximum absolute atomic E-state index is 11.8. The summed E-state index contributed by atoms with van der Waals surface area (Å²) < 4.78 is 0. The van der Waals surface area contributed by atoms with Gasteiger partial charge in [0, 0.05) is 18.1 Å². The first-order valence-corrected chi connectivity index (χ1v) is 7.51. The number of nitrogens with zero attached hydrogens (tertiary/aromatic N) is 2. The molecule has 0 aliphatic rings. The van der Waals surface area contributed by atoms with E-state index in [0.29, 0.717) is 35.5 Å². The van der Waals surface area contributed by atoms with Gasteiger partial charge in [-0.05, 0) is 23.6 Å². The Labute approximate surface area is 135 Å². The van der Waals surface area contributed by atoms with Crippen LogP contribution in [0, 0.1) is 5.92 Å². The minimum atomic E-state index is -0.203. The Morgan fingerprint density at radius 3 is 2.50 bits per heavy atom. The lowest BCUT2D eigenvalue weighted by molar-refractivity contribution is 0.0943. The van der Waals surface area contributed by atoms with Gasteiger partial charge in [-0.2, -0.15) is 0 Å². The Morgan fingerprint density at radius 1 is 1.18 bits per heavy atom. The van der Waals surface area contributed by atoms with Crippen LogP contribution >= 0.6 is 11.6 Å². The number of amides is 1. The molecule has 1 aromatic carbocycles. The zero-order valence-corrected chi connectivity index (χ0v) is 13.4. The molecule has 0 saturated carbocycles. The molecule has 1 aromatic heterocycles. The third kappa shape index (κ3) is 5.00. The molecule has 0 fully saturated rings. The van der Waals surface area contributed by atoms with E-state index in [1.54, 1.807) is 6.20 Å². The van der Waals surface area contributed by atoms with Crippen molar-refractivity contribution >= 4 is 23.3 Å². The van der Waals surface area contributed by atoms with Crippen LogP contribution in [0.2, 0.25) is 5.02 Å². The molecule has 2 rings (SSSR count). The zero-order chi connectivity index (χ0) is 15.9. The van der Waals surface area contributed by atoms with E-state index in [2.05, 4.69) is 20.6 Å². The van der Waals surface area contributed by atoms with Crippen molar-refractivity contribution in [3.05, 3.63) is 52.9 Å². The quantitative estimate of drug-likeness (QED) is 0.858. The highest BCUT2D eigenvalue weighted by molar-refractivity contribution is 6.30. The van der Waals surface area contributed by atoms with E-state index in [1.165, 1.54) is 6.20 Å². The van der Waals surface area contributed by atoms with Crippen LogP contribution in [0.25, 0.3) is 0 Å². The topological polar surface area (TPSA) is 66.9 Å². The van der Waals surface area contributed by atoms with Crippen LogP contribution < -0.4 is 10.6 Å². The highest BCUT2D eigenvalue weighted by Gasteiger charge is 2.08. The molecular formula is C16H19ClN4O. The summed E-state index contributed by atoms with van der Waals surface area (Å²) in [6, 6.07) is 7.56. The van der Waals surface area contributed by atoms with Crippen molar-refractivity contribution in [1.82, 2.24) is 15.3 Å². The van der Waals surface area contributed by atoms with E-state index in [4.69, 9.17) is 11.6 Å². The molecule has 0 unspecified atom stereocenters. The summed E-state index contributed by atoms with van der Waals surface area (Å²) in [4.78, 5) is 20.1. The summed E-state index contributed by atoms with van der Waals surface area (Å²) in [5.74, 6) is 0.818. The number of benzene rings is 1. The fourth-order valence-corrected chi connectivity index (χ4v) is 1.84. The van der Waals surface area contributed by atoms with Gasteiger partial charge < -0.3 is 10.6 Å². The van der Waals surface area contributed by atoms with Crippen LogP contribution in [0.3, 0.4) is 0 Å². The molecule has 0 bridgehead atoms. The molecule has 0 radical (unpaired) electrons. The molecule has 0 aliphatic carbocycles. The summed E-state index contributed by atoms with van der Waals surface area (Å²) in [7, 11) is 0. The van der Waals surface area contributed by atoms with Crippen molar-refractivity contribution < 1.29 is 4.79 Å². The smallest absolute Gasteiger partial charge is 0.271 e. The van der Waals surface area contributed by atoms with Gasteiger partial charge in [0.05, 0.1) is 12.4 Å². The predicted molar refractivity (Wildman–Crippen MR) is 88.0 cm³/mol. The number of halogens is 1. The minimum Gasteiger partial charge on any atom is -0.365 e. The lowest BCUT2D eigenvalue weighted by Gasteiger charge is -2.08. The Morgan fingerprint density at radius 2 is 1.91 bits per heavy atom. The van der Waals surface area contributed by atoms with E-state index >= 15 is 0 Å². The number of hydrogen-bond donors (Lipinski definition) is 2. The Balaban J connectivity index is 1.88. The fraction of sp³-hybridized carbons (Fsp3) is 0.312. The third-order valence-corrected chi connectivity index (χ3v) is 3.19. The summed E-state index contributed by atoms with van der Waals surface area (Å²) in [6.07, 6.45) is 3.03. The third-order valence-electron chi connectivity index (χ3n) is 2.94. The average molecular weight is 319 g/mol. The summed E-state index contributed by atoms with van der Waals surface area (Å²) in [6.45, 7) is 5.31. The summed E-state index contributed by atoms with van der Waals surface area (Å²) in [5.41, 5.74) is 1.41. The van der Waals surface area contributed by atoms with Crippen molar-refractivity contribution in [1.29, 1.82) is 0 Å². The second kappa shape index (κ2) is 7.75. The SMILES string of the molecule is CC(C)CNC(=O)c1cnc(NCc2ccc(Cl)cc2)cn1. The van der Waals surface area contributed by atoms with Crippen LogP contribution in [-0.4, -0.2) is 22.4 Å². The molecule has 0 saturated heterocycles. The number of anilines is 1. The highest BCUT2D eigenvalue weighted by atomic mass is 35.5. The maximum Gasteiger partial charge on any atom is 0.271 e. The number of aromatic nitrogens is 2. The molecule has 1 amide bonds. The van der Waals surface area contributed by atoms with Crippen molar-refractivity contribution in [2.75, 3.05) is 11.9 Å². The van der Waals surface area contributed by atoms with E-state index in [0.717, 1.165) is 5.56 Å². The lowest BCUT2D eigenvalue weighted by Crippen LogP contribution is -2.28. The van der Waals surface area contributed by atoms with Gasteiger partial charge in [-0.3, -0.25) is 4.79 Å². The number of carbonyl (C=O) groups is 1. The molecule has 1 heterocycles. The maximum atomic E-state index is 11.8. The molecule has 22 heavy (non-hydrogen) atoms. The molecule has 0 atom stereocenters. The largest absolute Gasteiger partial charge is 0.365 e. The molecule has 2 aromatic rings. The Hall–Kier alpha value is -2.14. The standard InChI is InChI=1S/C16H19ClN4O/c1-11(2)7-21-16(22)14-9-20-15(10-18-14)19-8-12-3-5-13(17)6-4-12/h3-6,9-11H,7-8H2,1-2H3,(H,19,20)(H,21,22). The second-order valence-corrected chi connectivity index (χ2v) is 5.81. The van der Waals surface area contributed by atoms with Crippen molar-refractivity contribution in [2.24, 2.45) is 5.92 Å². The van der Waals surface area contributed by atoms with E-state index in [9.17, 15) is 4.79 Å². The van der Waals surface area contributed by atoms with Gasteiger partial charge in [0.15, 0.2) is 0 Å². The van der Waals surface area contributed by atoms with E-state index < -0.39 is 0 Å². The van der Waals surface area contributed by atoms with Crippen molar-refractivity contribution in [2.45, 2.75) is 20.4 Å².